The van der Waals surface area contributed by atoms with Crippen molar-refractivity contribution in [2.45, 2.75) is 37.6 Å². The number of piperidine rings is 1. The van der Waals surface area contributed by atoms with E-state index in [4.69, 9.17) is 11.5 Å². The molecule has 22 heavy (non-hydrogen) atoms. The number of rotatable bonds is 4. The van der Waals surface area contributed by atoms with Crippen LogP contribution in [0, 0.1) is 12.8 Å². The Hall–Kier alpha value is -1.44. The highest BCUT2D eigenvalue weighted by Crippen LogP contribution is 2.29. The molecule has 1 amide bonds. The first-order chi connectivity index (χ1) is 10.3. The fourth-order valence-electron chi connectivity index (χ4n) is 3.02. The number of hydrogen-bond donors (Lipinski definition) is 2. The maximum atomic E-state index is 12.9. The minimum absolute atomic E-state index is 0.0967. The van der Waals surface area contributed by atoms with E-state index < -0.39 is 15.9 Å². The van der Waals surface area contributed by atoms with E-state index in [0.717, 1.165) is 12.8 Å². The third-order valence-corrected chi connectivity index (χ3v) is 6.31. The van der Waals surface area contributed by atoms with Gasteiger partial charge in [-0.3, -0.25) is 4.79 Å². The minimum atomic E-state index is -3.68. The van der Waals surface area contributed by atoms with E-state index in [1.54, 1.807) is 13.0 Å². The molecule has 1 saturated heterocycles. The Morgan fingerprint density at radius 2 is 2.09 bits per heavy atom. The molecule has 0 radical (unpaired) electrons. The monoisotopic (exact) mass is 325 g/mol. The summed E-state index contributed by atoms with van der Waals surface area (Å²) >= 11 is 0. The lowest BCUT2D eigenvalue weighted by Crippen LogP contribution is -2.51. The smallest absolute Gasteiger partial charge is 0.249 e. The maximum absolute atomic E-state index is 12.9. The number of nitrogens with two attached hydrogens (primary N) is 2. The van der Waals surface area contributed by atoms with Crippen LogP contribution < -0.4 is 11.5 Å². The Morgan fingerprint density at radius 1 is 1.41 bits per heavy atom. The van der Waals surface area contributed by atoms with Gasteiger partial charge in [-0.25, -0.2) is 8.42 Å². The molecule has 0 aliphatic carbocycles. The summed E-state index contributed by atoms with van der Waals surface area (Å²) in [6, 6.07) is 4.28. The third-order valence-electron chi connectivity index (χ3n) is 4.39. The summed E-state index contributed by atoms with van der Waals surface area (Å²) < 4.78 is 27.3. The number of aryl methyl sites for hydroxylation is 1. The summed E-state index contributed by atoms with van der Waals surface area (Å²) in [4.78, 5) is 11.5. The van der Waals surface area contributed by atoms with Crippen molar-refractivity contribution >= 4 is 15.9 Å². The molecule has 1 aromatic rings. The van der Waals surface area contributed by atoms with Crippen molar-refractivity contribution < 1.29 is 13.2 Å². The van der Waals surface area contributed by atoms with E-state index in [1.807, 2.05) is 6.92 Å². The van der Waals surface area contributed by atoms with Gasteiger partial charge < -0.3 is 11.5 Å². The van der Waals surface area contributed by atoms with Gasteiger partial charge in [-0.05, 0) is 43.4 Å². The quantitative estimate of drug-likeness (QED) is 0.855. The van der Waals surface area contributed by atoms with Gasteiger partial charge in [0.25, 0.3) is 0 Å². The van der Waals surface area contributed by atoms with E-state index in [9.17, 15) is 13.2 Å². The molecule has 0 spiro atoms. The van der Waals surface area contributed by atoms with Crippen LogP contribution in [0.2, 0.25) is 0 Å². The van der Waals surface area contributed by atoms with E-state index in [1.165, 1.54) is 16.4 Å². The van der Waals surface area contributed by atoms with Gasteiger partial charge >= 0.3 is 0 Å². The fourth-order valence-corrected chi connectivity index (χ4v) is 4.82. The lowest BCUT2D eigenvalue weighted by Gasteiger charge is -2.38. The molecule has 0 saturated carbocycles. The highest BCUT2D eigenvalue weighted by atomic mass is 32.2. The van der Waals surface area contributed by atoms with Crippen molar-refractivity contribution in [3.8, 4) is 0 Å². The zero-order chi connectivity index (χ0) is 16.5. The third kappa shape index (κ3) is 3.02. The van der Waals surface area contributed by atoms with E-state index in [2.05, 4.69) is 0 Å². The predicted molar refractivity (Wildman–Crippen MR) is 84.8 cm³/mol. The Morgan fingerprint density at radius 3 is 2.68 bits per heavy atom. The van der Waals surface area contributed by atoms with Gasteiger partial charge in [0.05, 0.1) is 4.90 Å². The standard InChI is InChI=1S/C15H23N3O3S/c1-10-5-6-12(8-13(10)15(17)19)22(20,21)18-7-3-4-11(2)14(18)9-16/h5-6,8,11,14H,3-4,7,9,16H2,1-2H3,(H2,17,19). The Kier molecular flexibility index (Phi) is 4.89. The second-order valence-corrected chi connectivity index (χ2v) is 7.77. The van der Waals surface area contributed by atoms with Crippen LogP contribution in [0.4, 0.5) is 0 Å². The summed E-state index contributed by atoms with van der Waals surface area (Å²) in [6.45, 7) is 4.48. The van der Waals surface area contributed by atoms with Crippen LogP contribution in [0.25, 0.3) is 0 Å². The number of nitrogens with zero attached hydrogens (tertiary/aromatic N) is 1. The fraction of sp³-hybridized carbons (Fsp3) is 0.533. The summed E-state index contributed by atoms with van der Waals surface area (Å²) in [7, 11) is -3.68. The molecule has 1 aromatic carbocycles. The number of carbonyl (C=O) groups is 1. The van der Waals surface area contributed by atoms with Crippen LogP contribution in [0.3, 0.4) is 0 Å². The largest absolute Gasteiger partial charge is 0.366 e. The van der Waals surface area contributed by atoms with E-state index >= 15 is 0 Å². The number of benzene rings is 1. The predicted octanol–water partition coefficient (Wildman–Crippen LogP) is 0.842. The highest BCUT2D eigenvalue weighted by Gasteiger charge is 2.36. The molecule has 122 valence electrons. The normalized spacial score (nSPS) is 23.4. The first kappa shape index (κ1) is 16.9. The van der Waals surface area contributed by atoms with Crippen molar-refractivity contribution in [1.82, 2.24) is 4.31 Å². The second kappa shape index (κ2) is 6.36. The molecule has 1 aliphatic rings. The Bertz CT molecular complexity index is 673. The zero-order valence-corrected chi connectivity index (χ0v) is 13.8. The highest BCUT2D eigenvalue weighted by molar-refractivity contribution is 7.89. The molecule has 1 fully saturated rings. The molecule has 2 rings (SSSR count). The SMILES string of the molecule is Cc1ccc(S(=O)(=O)N2CCCC(C)C2CN)cc1C(N)=O. The van der Waals surface area contributed by atoms with Crippen LogP contribution in [0.5, 0.6) is 0 Å². The van der Waals surface area contributed by atoms with E-state index in [0.29, 0.717) is 12.1 Å². The lowest BCUT2D eigenvalue weighted by atomic mass is 9.93. The average Bonchev–Trinajstić information content (AvgIpc) is 2.46. The van der Waals surface area contributed by atoms with Crippen LogP contribution in [0.15, 0.2) is 23.1 Å². The van der Waals surface area contributed by atoms with Crippen LogP contribution in [0.1, 0.15) is 35.7 Å². The average molecular weight is 325 g/mol. The Labute approximate surface area is 131 Å². The maximum Gasteiger partial charge on any atom is 0.249 e. The van der Waals surface area contributed by atoms with Gasteiger partial charge in [-0.1, -0.05) is 13.0 Å². The summed E-state index contributed by atoms with van der Waals surface area (Å²) in [5.41, 5.74) is 12.0. The summed E-state index contributed by atoms with van der Waals surface area (Å²) in [5.74, 6) is -0.411. The van der Waals surface area contributed by atoms with Gasteiger partial charge in [0.1, 0.15) is 0 Å². The van der Waals surface area contributed by atoms with Gasteiger partial charge in [0.15, 0.2) is 0 Å². The Balaban J connectivity index is 2.46. The molecule has 7 heteroatoms. The molecule has 0 bridgehead atoms. The summed E-state index contributed by atoms with van der Waals surface area (Å²) in [5, 5.41) is 0. The molecular weight excluding hydrogens is 302 g/mol. The number of amides is 1. The van der Waals surface area contributed by atoms with Crippen molar-refractivity contribution in [1.29, 1.82) is 0 Å². The molecule has 4 N–H and O–H groups in total. The van der Waals surface area contributed by atoms with Gasteiger partial charge in [-0.15, -0.1) is 0 Å². The van der Waals surface area contributed by atoms with Crippen LogP contribution in [-0.2, 0) is 10.0 Å². The second-order valence-electron chi connectivity index (χ2n) is 5.88. The number of primary amides is 1. The number of sulfonamides is 1. The minimum Gasteiger partial charge on any atom is -0.366 e. The summed E-state index contributed by atoms with van der Waals surface area (Å²) in [6.07, 6.45) is 1.78. The molecule has 1 heterocycles. The van der Waals surface area contributed by atoms with Crippen LogP contribution in [-0.4, -0.2) is 37.8 Å². The molecule has 2 atom stereocenters. The number of hydrogen-bond acceptors (Lipinski definition) is 4. The van der Waals surface area contributed by atoms with Crippen molar-refractivity contribution in [3.05, 3.63) is 29.3 Å². The van der Waals surface area contributed by atoms with E-state index in [-0.39, 0.29) is 29.0 Å². The topological polar surface area (TPSA) is 106 Å². The molecule has 0 aromatic heterocycles. The molecule has 2 unspecified atom stereocenters. The first-order valence-corrected chi connectivity index (χ1v) is 8.85. The number of carbonyl (C=O) groups excluding carboxylic acids is 1. The van der Waals surface area contributed by atoms with Crippen molar-refractivity contribution in [3.63, 3.8) is 0 Å². The van der Waals surface area contributed by atoms with Gasteiger partial charge in [-0.2, -0.15) is 4.31 Å². The molecular formula is C15H23N3O3S. The van der Waals surface area contributed by atoms with Gasteiger partial charge in [0.2, 0.25) is 15.9 Å². The van der Waals surface area contributed by atoms with Crippen LogP contribution >= 0.6 is 0 Å². The van der Waals surface area contributed by atoms with Crippen molar-refractivity contribution in [2.75, 3.05) is 13.1 Å². The lowest BCUT2D eigenvalue weighted by molar-refractivity contribution is 0.0999. The molecule has 6 nitrogen and oxygen atoms in total. The molecule has 1 aliphatic heterocycles. The zero-order valence-electron chi connectivity index (χ0n) is 13.0. The van der Waals surface area contributed by atoms with Gasteiger partial charge in [0, 0.05) is 24.7 Å². The first-order valence-electron chi connectivity index (χ1n) is 7.41. The van der Waals surface area contributed by atoms with Crippen molar-refractivity contribution in [2.24, 2.45) is 17.4 Å².